The van der Waals surface area contributed by atoms with Crippen LogP contribution in [0.3, 0.4) is 0 Å². The number of hydrogen-bond acceptors (Lipinski definition) is 0. The summed E-state index contributed by atoms with van der Waals surface area (Å²) in [7, 11) is 0. The molecule has 1 aromatic carbocycles. The summed E-state index contributed by atoms with van der Waals surface area (Å²) < 4.78 is 0. The third kappa shape index (κ3) is 2.98. The lowest BCUT2D eigenvalue weighted by molar-refractivity contribution is 0.590. The molecule has 1 heteroatoms. The van der Waals surface area contributed by atoms with E-state index < -0.39 is 0 Å². The van der Waals surface area contributed by atoms with Crippen molar-refractivity contribution in [2.24, 2.45) is 11.3 Å². The van der Waals surface area contributed by atoms with Crippen molar-refractivity contribution in [1.82, 2.24) is 0 Å². The molecule has 0 amide bonds. The van der Waals surface area contributed by atoms with Crippen LogP contribution in [0.5, 0.6) is 0 Å². The molecule has 0 N–H and O–H groups in total. The van der Waals surface area contributed by atoms with Crippen molar-refractivity contribution in [2.45, 2.75) is 46.5 Å². The van der Waals surface area contributed by atoms with Gasteiger partial charge in [0, 0.05) is 5.03 Å². The van der Waals surface area contributed by atoms with E-state index in [4.69, 9.17) is 11.6 Å². The first kappa shape index (κ1) is 13.7. The van der Waals surface area contributed by atoms with E-state index in [1.807, 2.05) is 0 Å². The first-order valence-corrected chi connectivity index (χ1v) is 7.06. The van der Waals surface area contributed by atoms with E-state index in [0.29, 0.717) is 11.3 Å². The molecule has 1 saturated carbocycles. The molecule has 2 rings (SSSR count). The molecule has 0 radical (unpaired) electrons. The molecule has 0 aromatic heterocycles. The SMILES string of the molecule is CC(C)(C)c1ccc(C(Cl)=CC2CC2(C)C)cc1. The highest BCUT2D eigenvalue weighted by Gasteiger charge is 2.43. The van der Waals surface area contributed by atoms with Crippen molar-refractivity contribution in [2.75, 3.05) is 0 Å². The van der Waals surface area contributed by atoms with E-state index in [9.17, 15) is 0 Å². The van der Waals surface area contributed by atoms with Gasteiger partial charge in [0.05, 0.1) is 0 Å². The van der Waals surface area contributed by atoms with E-state index in [2.05, 4.69) is 65.0 Å². The Morgan fingerprint density at radius 2 is 1.72 bits per heavy atom. The summed E-state index contributed by atoms with van der Waals surface area (Å²) in [6.07, 6.45) is 3.47. The van der Waals surface area contributed by atoms with Crippen molar-refractivity contribution in [3.63, 3.8) is 0 Å². The lowest BCUT2D eigenvalue weighted by atomic mass is 9.86. The summed E-state index contributed by atoms with van der Waals surface area (Å²) in [4.78, 5) is 0. The first-order chi connectivity index (χ1) is 8.20. The molecular formula is C17H23Cl. The fraction of sp³-hybridized carbons (Fsp3) is 0.529. The van der Waals surface area contributed by atoms with Gasteiger partial charge in [-0.25, -0.2) is 0 Å². The van der Waals surface area contributed by atoms with Crippen LogP contribution in [0, 0.1) is 11.3 Å². The standard InChI is InChI=1S/C17H23Cl/c1-16(2,3)13-8-6-12(7-9-13)15(18)10-14-11-17(14,4)5/h6-10,14H,11H2,1-5H3. The average molecular weight is 263 g/mol. The maximum atomic E-state index is 6.40. The van der Waals surface area contributed by atoms with Gasteiger partial charge in [0.25, 0.3) is 0 Å². The molecule has 1 aliphatic carbocycles. The predicted molar refractivity (Wildman–Crippen MR) is 80.9 cm³/mol. The molecule has 0 heterocycles. The number of halogens is 1. The van der Waals surface area contributed by atoms with Crippen LogP contribution in [0.15, 0.2) is 30.3 Å². The fourth-order valence-corrected chi connectivity index (χ4v) is 2.47. The van der Waals surface area contributed by atoms with Crippen LogP contribution in [0.2, 0.25) is 0 Å². The van der Waals surface area contributed by atoms with Crippen LogP contribution in [0.1, 0.15) is 52.2 Å². The van der Waals surface area contributed by atoms with Gasteiger partial charge in [-0.05, 0) is 34.3 Å². The summed E-state index contributed by atoms with van der Waals surface area (Å²) in [6.45, 7) is 11.3. The monoisotopic (exact) mass is 262 g/mol. The Kier molecular flexibility index (Phi) is 3.36. The van der Waals surface area contributed by atoms with Crippen LogP contribution in [0.25, 0.3) is 5.03 Å². The predicted octanol–water partition coefficient (Wildman–Crippen LogP) is 5.61. The van der Waals surface area contributed by atoms with Crippen LogP contribution in [-0.2, 0) is 5.41 Å². The normalized spacial score (nSPS) is 23.0. The number of rotatable bonds is 2. The molecule has 98 valence electrons. The van der Waals surface area contributed by atoms with Gasteiger partial charge in [-0.2, -0.15) is 0 Å². The number of allylic oxidation sites excluding steroid dienone is 1. The summed E-state index contributed by atoms with van der Waals surface area (Å²) in [6, 6.07) is 8.64. The Morgan fingerprint density at radius 1 is 1.22 bits per heavy atom. The molecule has 0 nitrogen and oxygen atoms in total. The van der Waals surface area contributed by atoms with Crippen molar-refractivity contribution in [1.29, 1.82) is 0 Å². The summed E-state index contributed by atoms with van der Waals surface area (Å²) >= 11 is 6.40. The van der Waals surface area contributed by atoms with E-state index in [1.54, 1.807) is 0 Å². The van der Waals surface area contributed by atoms with Gasteiger partial charge in [0.15, 0.2) is 0 Å². The van der Waals surface area contributed by atoms with Gasteiger partial charge in [-0.15, -0.1) is 0 Å². The Morgan fingerprint density at radius 3 is 2.11 bits per heavy atom. The van der Waals surface area contributed by atoms with Gasteiger partial charge >= 0.3 is 0 Å². The van der Waals surface area contributed by atoms with Crippen LogP contribution < -0.4 is 0 Å². The zero-order chi connectivity index (χ0) is 13.6. The minimum atomic E-state index is 0.202. The molecule has 0 aliphatic heterocycles. The molecule has 1 aliphatic rings. The first-order valence-electron chi connectivity index (χ1n) is 6.68. The van der Waals surface area contributed by atoms with Crippen molar-refractivity contribution in [3.8, 4) is 0 Å². The summed E-state index contributed by atoms with van der Waals surface area (Å²) in [5.41, 5.74) is 3.13. The highest BCUT2D eigenvalue weighted by molar-refractivity contribution is 6.48. The Labute approximate surface area is 116 Å². The molecule has 0 spiro atoms. The molecule has 1 atom stereocenters. The second-order valence-electron chi connectivity index (χ2n) is 7.14. The van der Waals surface area contributed by atoms with Crippen LogP contribution >= 0.6 is 11.6 Å². The molecule has 0 saturated heterocycles. The third-order valence-corrected chi connectivity index (χ3v) is 4.31. The van der Waals surface area contributed by atoms with Gasteiger partial charge < -0.3 is 0 Å². The Bertz CT molecular complexity index is 457. The molecule has 0 bridgehead atoms. The van der Waals surface area contributed by atoms with Crippen molar-refractivity contribution in [3.05, 3.63) is 41.5 Å². The zero-order valence-corrected chi connectivity index (χ0v) is 12.8. The summed E-state index contributed by atoms with van der Waals surface area (Å²) in [5, 5.41) is 0.894. The Balaban J connectivity index is 2.15. The number of hydrogen-bond donors (Lipinski definition) is 0. The topological polar surface area (TPSA) is 0 Å². The largest absolute Gasteiger partial charge is 0.0840 e. The second-order valence-corrected chi connectivity index (χ2v) is 7.55. The fourth-order valence-electron chi connectivity index (χ4n) is 2.19. The minimum Gasteiger partial charge on any atom is -0.0840 e. The van der Waals surface area contributed by atoms with Gasteiger partial charge in [0.2, 0.25) is 0 Å². The van der Waals surface area contributed by atoms with E-state index in [0.717, 1.165) is 10.6 Å². The lowest BCUT2D eigenvalue weighted by Crippen LogP contribution is -2.10. The second kappa shape index (κ2) is 4.42. The van der Waals surface area contributed by atoms with E-state index >= 15 is 0 Å². The minimum absolute atomic E-state index is 0.202. The van der Waals surface area contributed by atoms with Gasteiger partial charge in [-0.3, -0.25) is 0 Å². The maximum absolute atomic E-state index is 6.40. The highest BCUT2D eigenvalue weighted by atomic mass is 35.5. The molecule has 1 aromatic rings. The quantitative estimate of drug-likeness (QED) is 0.650. The third-order valence-electron chi connectivity index (χ3n) is 3.96. The van der Waals surface area contributed by atoms with E-state index in [-0.39, 0.29) is 5.41 Å². The zero-order valence-electron chi connectivity index (χ0n) is 12.0. The molecule has 1 fully saturated rings. The van der Waals surface area contributed by atoms with E-state index in [1.165, 1.54) is 12.0 Å². The van der Waals surface area contributed by atoms with Crippen molar-refractivity contribution < 1.29 is 0 Å². The lowest BCUT2D eigenvalue weighted by Gasteiger charge is -2.19. The molecular weight excluding hydrogens is 240 g/mol. The summed E-state index contributed by atoms with van der Waals surface area (Å²) in [5.74, 6) is 0.646. The maximum Gasteiger partial charge on any atom is 0.0441 e. The van der Waals surface area contributed by atoms with Gasteiger partial charge in [-0.1, -0.05) is 76.6 Å². The smallest absolute Gasteiger partial charge is 0.0441 e. The highest BCUT2D eigenvalue weighted by Crippen LogP contribution is 2.53. The average Bonchev–Trinajstić information content (AvgIpc) is 2.85. The molecule has 18 heavy (non-hydrogen) atoms. The Hall–Kier alpha value is -0.750. The number of benzene rings is 1. The van der Waals surface area contributed by atoms with Crippen LogP contribution in [-0.4, -0.2) is 0 Å². The van der Waals surface area contributed by atoms with Gasteiger partial charge in [0.1, 0.15) is 0 Å². The van der Waals surface area contributed by atoms with Crippen molar-refractivity contribution >= 4 is 16.6 Å². The molecule has 1 unspecified atom stereocenters. The van der Waals surface area contributed by atoms with Crippen LogP contribution in [0.4, 0.5) is 0 Å².